The highest BCUT2D eigenvalue weighted by atomic mass is 35.5. The Hall–Kier alpha value is -2.77. The van der Waals surface area contributed by atoms with Gasteiger partial charge in [-0.2, -0.15) is 0 Å². The van der Waals surface area contributed by atoms with Crippen molar-refractivity contribution in [1.82, 2.24) is 4.98 Å². The van der Waals surface area contributed by atoms with Crippen molar-refractivity contribution in [3.05, 3.63) is 58.9 Å². The minimum atomic E-state index is -0.152. The van der Waals surface area contributed by atoms with Gasteiger partial charge in [-0.15, -0.1) is 6.42 Å². The number of rotatable bonds is 6. The molecule has 0 atom stereocenters. The summed E-state index contributed by atoms with van der Waals surface area (Å²) in [5.74, 6) is 3.04. The zero-order chi connectivity index (χ0) is 16.7. The SMILES string of the molecule is C#CCOc1c(Cl)cc(/C=C/C(=O)c2cccnc2)cc1OC. The predicted molar refractivity (Wildman–Crippen MR) is 89.9 cm³/mol. The van der Waals surface area contributed by atoms with Crippen LogP contribution < -0.4 is 9.47 Å². The largest absolute Gasteiger partial charge is 0.493 e. The van der Waals surface area contributed by atoms with Gasteiger partial charge in [0.1, 0.15) is 6.61 Å². The highest BCUT2D eigenvalue weighted by Gasteiger charge is 2.11. The van der Waals surface area contributed by atoms with Gasteiger partial charge in [0.25, 0.3) is 0 Å². The van der Waals surface area contributed by atoms with Crippen LogP contribution in [0.25, 0.3) is 6.08 Å². The summed E-state index contributed by atoms with van der Waals surface area (Å²) in [6.45, 7) is 0.0881. The number of hydrogen-bond acceptors (Lipinski definition) is 4. The van der Waals surface area contributed by atoms with E-state index in [2.05, 4.69) is 10.9 Å². The molecule has 0 N–H and O–H groups in total. The van der Waals surface area contributed by atoms with E-state index in [0.29, 0.717) is 27.6 Å². The minimum Gasteiger partial charge on any atom is -0.493 e. The molecule has 4 nitrogen and oxygen atoms in total. The minimum absolute atomic E-state index is 0.0881. The quantitative estimate of drug-likeness (QED) is 0.461. The smallest absolute Gasteiger partial charge is 0.187 e. The van der Waals surface area contributed by atoms with E-state index in [1.54, 1.807) is 36.5 Å². The summed E-state index contributed by atoms with van der Waals surface area (Å²) in [4.78, 5) is 15.9. The second kappa shape index (κ2) is 8.02. The van der Waals surface area contributed by atoms with Crippen molar-refractivity contribution in [1.29, 1.82) is 0 Å². The van der Waals surface area contributed by atoms with E-state index < -0.39 is 0 Å². The summed E-state index contributed by atoms with van der Waals surface area (Å²) in [5, 5.41) is 0.355. The van der Waals surface area contributed by atoms with Gasteiger partial charge >= 0.3 is 0 Å². The van der Waals surface area contributed by atoms with Crippen molar-refractivity contribution >= 4 is 23.5 Å². The van der Waals surface area contributed by atoms with Gasteiger partial charge in [0.2, 0.25) is 0 Å². The van der Waals surface area contributed by atoms with Crippen LogP contribution in [-0.2, 0) is 0 Å². The summed E-state index contributed by atoms with van der Waals surface area (Å²) in [7, 11) is 1.50. The lowest BCUT2D eigenvalue weighted by molar-refractivity contribution is 0.104. The number of ketones is 1. The number of allylic oxidation sites excluding steroid dienone is 1. The first-order valence-electron chi connectivity index (χ1n) is 6.72. The highest BCUT2D eigenvalue weighted by molar-refractivity contribution is 6.32. The van der Waals surface area contributed by atoms with Crippen LogP contribution in [0.15, 0.2) is 42.7 Å². The molecule has 0 fully saturated rings. The Morgan fingerprint density at radius 2 is 2.30 bits per heavy atom. The number of benzene rings is 1. The number of hydrogen-bond donors (Lipinski definition) is 0. The number of terminal acetylenes is 1. The lowest BCUT2D eigenvalue weighted by Crippen LogP contribution is -1.98. The second-order valence-corrected chi connectivity index (χ2v) is 4.87. The lowest BCUT2D eigenvalue weighted by Gasteiger charge is -2.11. The number of carbonyl (C=O) groups excluding carboxylic acids is 1. The van der Waals surface area contributed by atoms with Crippen molar-refractivity contribution in [2.45, 2.75) is 0 Å². The van der Waals surface area contributed by atoms with E-state index in [9.17, 15) is 4.79 Å². The molecule has 23 heavy (non-hydrogen) atoms. The summed E-state index contributed by atoms with van der Waals surface area (Å²) < 4.78 is 10.6. The van der Waals surface area contributed by atoms with Gasteiger partial charge in [0.15, 0.2) is 17.3 Å². The molecule has 2 rings (SSSR count). The van der Waals surface area contributed by atoms with Crippen molar-refractivity contribution in [2.24, 2.45) is 0 Å². The second-order valence-electron chi connectivity index (χ2n) is 4.47. The topological polar surface area (TPSA) is 48.4 Å². The van der Waals surface area contributed by atoms with Gasteiger partial charge < -0.3 is 9.47 Å². The third-order valence-corrected chi connectivity index (χ3v) is 3.21. The predicted octanol–water partition coefficient (Wildman–Crippen LogP) is 3.65. The van der Waals surface area contributed by atoms with Crippen LogP contribution in [0, 0.1) is 12.3 Å². The van der Waals surface area contributed by atoms with E-state index in [-0.39, 0.29) is 12.4 Å². The molecule has 0 unspecified atom stereocenters. The van der Waals surface area contributed by atoms with Crippen molar-refractivity contribution < 1.29 is 14.3 Å². The molecule has 0 amide bonds. The zero-order valence-electron chi connectivity index (χ0n) is 12.5. The molecule has 0 bridgehead atoms. The van der Waals surface area contributed by atoms with Crippen molar-refractivity contribution in [3.63, 3.8) is 0 Å². The molecular formula is C18H14ClNO3. The Morgan fingerprint density at radius 1 is 1.48 bits per heavy atom. The van der Waals surface area contributed by atoms with Crippen molar-refractivity contribution in [3.8, 4) is 23.8 Å². The summed E-state index contributed by atoms with van der Waals surface area (Å²) in [5.41, 5.74) is 1.22. The van der Waals surface area contributed by atoms with E-state index in [1.807, 2.05) is 0 Å². The fraction of sp³-hybridized carbons (Fsp3) is 0.111. The van der Waals surface area contributed by atoms with Crippen LogP contribution >= 0.6 is 11.6 Å². The number of halogens is 1. The van der Waals surface area contributed by atoms with Crippen LogP contribution in [0.1, 0.15) is 15.9 Å². The standard InChI is InChI=1S/C18H14ClNO3/c1-3-9-23-18-15(19)10-13(11-17(18)22-2)6-7-16(21)14-5-4-8-20-12-14/h1,4-8,10-12H,9H2,2H3/b7-6+. The van der Waals surface area contributed by atoms with Gasteiger partial charge in [-0.3, -0.25) is 9.78 Å². The maximum absolute atomic E-state index is 12.0. The third kappa shape index (κ3) is 4.35. The van der Waals surface area contributed by atoms with Gasteiger partial charge in [-0.05, 0) is 35.9 Å². The third-order valence-electron chi connectivity index (χ3n) is 2.92. The van der Waals surface area contributed by atoms with Gasteiger partial charge in [-0.25, -0.2) is 0 Å². The number of carbonyl (C=O) groups is 1. The van der Waals surface area contributed by atoms with E-state index in [0.717, 1.165) is 0 Å². The Morgan fingerprint density at radius 3 is 2.96 bits per heavy atom. The zero-order valence-corrected chi connectivity index (χ0v) is 13.2. The molecule has 0 aliphatic rings. The van der Waals surface area contributed by atoms with Crippen molar-refractivity contribution in [2.75, 3.05) is 13.7 Å². The van der Waals surface area contributed by atoms with Gasteiger partial charge in [0.05, 0.1) is 12.1 Å². The summed E-state index contributed by atoms with van der Waals surface area (Å²) in [6, 6.07) is 6.79. The highest BCUT2D eigenvalue weighted by Crippen LogP contribution is 2.36. The first-order valence-corrected chi connectivity index (χ1v) is 7.09. The number of methoxy groups -OCH3 is 1. The molecular weight excluding hydrogens is 314 g/mol. The van der Waals surface area contributed by atoms with Crippen LogP contribution in [0.4, 0.5) is 0 Å². The number of nitrogens with zero attached hydrogens (tertiary/aromatic N) is 1. The van der Waals surface area contributed by atoms with Crippen LogP contribution in [-0.4, -0.2) is 24.5 Å². The normalized spacial score (nSPS) is 10.3. The molecule has 0 saturated heterocycles. The maximum atomic E-state index is 12.0. The molecule has 0 aliphatic carbocycles. The summed E-state index contributed by atoms with van der Waals surface area (Å²) in [6.07, 6.45) is 11.4. The molecule has 1 aromatic heterocycles. The molecule has 0 radical (unpaired) electrons. The number of aromatic nitrogens is 1. The fourth-order valence-electron chi connectivity index (χ4n) is 1.87. The Kier molecular flexibility index (Phi) is 5.79. The van der Waals surface area contributed by atoms with Crippen LogP contribution in [0.3, 0.4) is 0 Å². The first-order chi connectivity index (χ1) is 11.2. The fourth-order valence-corrected chi connectivity index (χ4v) is 2.14. The van der Waals surface area contributed by atoms with E-state index in [1.165, 1.54) is 19.4 Å². The van der Waals surface area contributed by atoms with Gasteiger partial charge in [-0.1, -0.05) is 23.6 Å². The lowest BCUT2D eigenvalue weighted by atomic mass is 10.1. The monoisotopic (exact) mass is 327 g/mol. The average Bonchev–Trinajstić information content (AvgIpc) is 2.59. The molecule has 0 spiro atoms. The summed E-state index contributed by atoms with van der Waals surface area (Å²) >= 11 is 6.18. The van der Waals surface area contributed by atoms with E-state index >= 15 is 0 Å². The molecule has 1 aromatic carbocycles. The molecule has 0 saturated carbocycles. The molecule has 116 valence electrons. The first kappa shape index (κ1) is 16.6. The maximum Gasteiger partial charge on any atom is 0.187 e. The van der Waals surface area contributed by atoms with Crippen LogP contribution in [0.2, 0.25) is 5.02 Å². The van der Waals surface area contributed by atoms with E-state index in [4.69, 9.17) is 27.5 Å². The number of ether oxygens (including phenoxy) is 2. The Labute approximate surface area is 139 Å². The number of pyridine rings is 1. The molecule has 0 aliphatic heterocycles. The Bertz CT molecular complexity index is 764. The van der Waals surface area contributed by atoms with Crippen LogP contribution in [0.5, 0.6) is 11.5 Å². The molecule has 2 aromatic rings. The Balaban J connectivity index is 2.24. The van der Waals surface area contributed by atoms with Gasteiger partial charge in [0, 0.05) is 18.0 Å². The average molecular weight is 328 g/mol. The molecule has 1 heterocycles. The molecule has 5 heteroatoms.